The van der Waals surface area contributed by atoms with E-state index in [-0.39, 0.29) is 12.1 Å². The van der Waals surface area contributed by atoms with E-state index >= 15 is 0 Å². The van der Waals surface area contributed by atoms with Crippen LogP contribution in [0.1, 0.15) is 45.2 Å². The highest BCUT2D eigenvalue weighted by Crippen LogP contribution is 2.25. The zero-order chi connectivity index (χ0) is 12.8. The molecular weight excluding hydrogens is 210 g/mol. The predicted molar refractivity (Wildman–Crippen MR) is 72.8 cm³/mol. The summed E-state index contributed by atoms with van der Waals surface area (Å²) in [4.78, 5) is 6.46. The Hall–Kier alpha value is -0.930. The molecule has 3 nitrogen and oxygen atoms in total. The van der Waals surface area contributed by atoms with Gasteiger partial charge in [-0.2, -0.15) is 0 Å². The zero-order valence-corrected chi connectivity index (χ0v) is 11.4. The minimum Gasteiger partial charge on any atom is -0.326 e. The molecule has 96 valence electrons. The Morgan fingerprint density at radius 1 is 1.24 bits per heavy atom. The summed E-state index contributed by atoms with van der Waals surface area (Å²) in [6.07, 6.45) is 5.80. The molecule has 0 aliphatic heterocycles. The van der Waals surface area contributed by atoms with Crippen LogP contribution in [0.15, 0.2) is 24.5 Å². The van der Waals surface area contributed by atoms with E-state index in [1.54, 1.807) is 0 Å². The minimum atomic E-state index is 0.163. The van der Waals surface area contributed by atoms with Crippen molar-refractivity contribution in [3.05, 3.63) is 30.1 Å². The van der Waals surface area contributed by atoms with Gasteiger partial charge in [-0.1, -0.05) is 13.8 Å². The smallest absolute Gasteiger partial charge is 0.0499 e. The molecule has 3 heteroatoms. The lowest BCUT2D eigenvalue weighted by atomic mass is 9.96. The first-order chi connectivity index (χ1) is 8.11. The van der Waals surface area contributed by atoms with Gasteiger partial charge in [-0.3, -0.25) is 9.88 Å². The third-order valence-corrected chi connectivity index (χ3v) is 3.65. The zero-order valence-electron chi connectivity index (χ0n) is 11.4. The normalized spacial score (nSPS) is 16.8. The van der Waals surface area contributed by atoms with E-state index in [2.05, 4.69) is 49.8 Å². The summed E-state index contributed by atoms with van der Waals surface area (Å²) in [5.41, 5.74) is 7.54. The van der Waals surface area contributed by atoms with Gasteiger partial charge in [0.25, 0.3) is 0 Å². The number of aromatic nitrogens is 1. The summed E-state index contributed by atoms with van der Waals surface area (Å²) in [5.74, 6) is 0. The third-order valence-electron chi connectivity index (χ3n) is 3.65. The summed E-state index contributed by atoms with van der Waals surface area (Å²) in [5, 5.41) is 0. The number of nitrogens with zero attached hydrogens (tertiary/aromatic N) is 2. The highest BCUT2D eigenvalue weighted by atomic mass is 15.2. The van der Waals surface area contributed by atoms with Crippen LogP contribution < -0.4 is 5.73 Å². The molecule has 0 radical (unpaired) electrons. The second-order valence-corrected chi connectivity index (χ2v) is 4.72. The third kappa shape index (κ3) is 3.51. The van der Waals surface area contributed by atoms with Crippen LogP contribution in [0.5, 0.6) is 0 Å². The fourth-order valence-corrected chi connectivity index (χ4v) is 2.13. The molecule has 3 unspecified atom stereocenters. The molecule has 17 heavy (non-hydrogen) atoms. The molecule has 1 aromatic rings. The lowest BCUT2D eigenvalue weighted by Gasteiger charge is -2.36. The molecule has 0 amide bonds. The summed E-state index contributed by atoms with van der Waals surface area (Å²) >= 11 is 0. The first kappa shape index (κ1) is 14.1. The van der Waals surface area contributed by atoms with Crippen LogP contribution in [0, 0.1) is 0 Å². The highest BCUT2D eigenvalue weighted by molar-refractivity contribution is 5.17. The monoisotopic (exact) mass is 235 g/mol. The van der Waals surface area contributed by atoms with Gasteiger partial charge in [0, 0.05) is 30.5 Å². The maximum atomic E-state index is 6.28. The fourth-order valence-electron chi connectivity index (χ4n) is 2.13. The van der Waals surface area contributed by atoms with E-state index in [0.717, 1.165) is 12.8 Å². The van der Waals surface area contributed by atoms with Crippen molar-refractivity contribution in [2.24, 2.45) is 5.73 Å². The average molecular weight is 235 g/mol. The van der Waals surface area contributed by atoms with Crippen LogP contribution in [0.25, 0.3) is 0 Å². The van der Waals surface area contributed by atoms with Gasteiger partial charge in [0.1, 0.15) is 0 Å². The number of hydrogen-bond acceptors (Lipinski definition) is 3. The van der Waals surface area contributed by atoms with Crippen LogP contribution in [-0.2, 0) is 0 Å². The van der Waals surface area contributed by atoms with Gasteiger partial charge < -0.3 is 5.73 Å². The van der Waals surface area contributed by atoms with Gasteiger partial charge >= 0.3 is 0 Å². The Balaban J connectivity index is 2.96. The maximum absolute atomic E-state index is 6.28. The standard InChI is InChI=1S/C14H25N3/c1-5-11(3)17(4)14(13(15)6-2)12-7-9-16-10-8-12/h7-11,13-14H,5-6,15H2,1-4H3. The number of hydrogen-bond donors (Lipinski definition) is 1. The van der Waals surface area contributed by atoms with Crippen molar-refractivity contribution in [1.29, 1.82) is 0 Å². The van der Waals surface area contributed by atoms with Crippen molar-refractivity contribution in [3.63, 3.8) is 0 Å². The molecular formula is C14H25N3. The Labute approximate surface area is 105 Å². The Morgan fingerprint density at radius 2 is 1.82 bits per heavy atom. The summed E-state index contributed by atoms with van der Waals surface area (Å²) < 4.78 is 0. The van der Waals surface area contributed by atoms with Crippen LogP contribution in [0.3, 0.4) is 0 Å². The van der Waals surface area contributed by atoms with E-state index in [4.69, 9.17) is 5.73 Å². The lowest BCUT2D eigenvalue weighted by molar-refractivity contribution is 0.155. The summed E-state index contributed by atoms with van der Waals surface area (Å²) in [6.45, 7) is 6.60. The quantitative estimate of drug-likeness (QED) is 0.824. The molecule has 0 saturated heterocycles. The fraction of sp³-hybridized carbons (Fsp3) is 0.643. The molecule has 0 bridgehead atoms. The van der Waals surface area contributed by atoms with Gasteiger partial charge in [-0.25, -0.2) is 0 Å². The molecule has 0 fully saturated rings. The van der Waals surface area contributed by atoms with E-state index in [1.807, 2.05) is 12.4 Å². The van der Waals surface area contributed by atoms with Crippen LogP contribution in [0.2, 0.25) is 0 Å². The van der Waals surface area contributed by atoms with Crippen molar-refractivity contribution >= 4 is 0 Å². The van der Waals surface area contributed by atoms with Crippen LogP contribution >= 0.6 is 0 Å². The van der Waals surface area contributed by atoms with Crippen LogP contribution in [0.4, 0.5) is 0 Å². The predicted octanol–water partition coefficient (Wildman–Crippen LogP) is 2.59. The average Bonchev–Trinajstić information content (AvgIpc) is 2.38. The molecule has 0 aliphatic rings. The lowest BCUT2D eigenvalue weighted by Crippen LogP contribution is -2.42. The van der Waals surface area contributed by atoms with E-state index in [0.29, 0.717) is 6.04 Å². The van der Waals surface area contributed by atoms with Crippen molar-refractivity contribution in [2.75, 3.05) is 7.05 Å². The van der Waals surface area contributed by atoms with Gasteiger partial charge in [-0.15, -0.1) is 0 Å². The molecule has 1 heterocycles. The first-order valence-corrected chi connectivity index (χ1v) is 6.49. The molecule has 1 rings (SSSR count). The molecule has 1 aromatic heterocycles. The van der Waals surface area contributed by atoms with Crippen molar-refractivity contribution in [3.8, 4) is 0 Å². The Kier molecular flexibility index (Phi) is 5.59. The number of rotatable bonds is 6. The van der Waals surface area contributed by atoms with E-state index in [9.17, 15) is 0 Å². The Morgan fingerprint density at radius 3 is 2.29 bits per heavy atom. The number of likely N-dealkylation sites (N-methyl/N-ethyl adjacent to an activating group) is 1. The molecule has 0 aliphatic carbocycles. The number of pyridine rings is 1. The minimum absolute atomic E-state index is 0.163. The Bertz CT molecular complexity index is 313. The van der Waals surface area contributed by atoms with Gasteiger partial charge in [-0.05, 0) is 44.5 Å². The topological polar surface area (TPSA) is 42.1 Å². The highest BCUT2D eigenvalue weighted by Gasteiger charge is 2.25. The van der Waals surface area contributed by atoms with Gasteiger partial charge in [0.2, 0.25) is 0 Å². The molecule has 3 atom stereocenters. The number of nitrogens with two attached hydrogens (primary N) is 1. The summed E-state index contributed by atoms with van der Waals surface area (Å²) in [6, 6.07) is 5.11. The van der Waals surface area contributed by atoms with Crippen molar-refractivity contribution < 1.29 is 0 Å². The molecule has 0 spiro atoms. The second kappa shape index (κ2) is 6.72. The first-order valence-electron chi connectivity index (χ1n) is 6.49. The SMILES string of the molecule is CCC(N)C(c1ccncc1)N(C)C(C)CC. The van der Waals surface area contributed by atoms with Crippen molar-refractivity contribution in [2.45, 2.75) is 51.7 Å². The van der Waals surface area contributed by atoms with Crippen LogP contribution in [-0.4, -0.2) is 29.0 Å². The van der Waals surface area contributed by atoms with Gasteiger partial charge in [0.05, 0.1) is 0 Å². The molecule has 0 saturated carbocycles. The second-order valence-electron chi connectivity index (χ2n) is 4.72. The van der Waals surface area contributed by atoms with Gasteiger partial charge in [0.15, 0.2) is 0 Å². The van der Waals surface area contributed by atoms with Crippen molar-refractivity contribution in [1.82, 2.24) is 9.88 Å². The van der Waals surface area contributed by atoms with E-state index < -0.39 is 0 Å². The molecule has 0 aromatic carbocycles. The van der Waals surface area contributed by atoms with E-state index in [1.165, 1.54) is 5.56 Å². The largest absolute Gasteiger partial charge is 0.326 e. The molecule has 2 N–H and O–H groups in total. The maximum Gasteiger partial charge on any atom is 0.0499 e. The summed E-state index contributed by atoms with van der Waals surface area (Å²) in [7, 11) is 2.16.